The van der Waals surface area contributed by atoms with Gasteiger partial charge in [0.25, 0.3) is 5.91 Å². The lowest BCUT2D eigenvalue weighted by molar-refractivity contribution is 0.0945. The number of hydrogen-bond donors (Lipinski definition) is 2. The highest BCUT2D eigenvalue weighted by Gasteiger charge is 2.18. The van der Waals surface area contributed by atoms with E-state index in [-0.39, 0.29) is 5.91 Å². The molecule has 0 saturated carbocycles. The smallest absolute Gasteiger partial charge is 0.258 e. The lowest BCUT2D eigenvalue weighted by atomic mass is 10.3. The monoisotopic (exact) mass is 137 g/mol. The molecule has 0 fully saturated rings. The molecule has 5 heteroatoms. The van der Waals surface area contributed by atoms with E-state index in [1.807, 2.05) is 0 Å². The van der Waals surface area contributed by atoms with Gasteiger partial charge < -0.3 is 5.32 Å². The maximum Gasteiger partial charge on any atom is 0.258 e. The number of aromatic nitrogens is 2. The largest absolute Gasteiger partial charge is 0.333 e. The average Bonchev–Trinajstić information content (AvgIpc) is 2.36. The Hall–Kier alpha value is -1.52. The standard InChI is InChI=1S/C5H5N4O/c10-5-3-1-8-9-4(3)6-2-7-5/h1H,2H2,(H,7,10)(H,8,9). The van der Waals surface area contributed by atoms with Crippen LogP contribution in [0, 0.1) is 0 Å². The zero-order chi connectivity index (χ0) is 6.97. The van der Waals surface area contributed by atoms with E-state index in [4.69, 9.17) is 0 Å². The van der Waals surface area contributed by atoms with E-state index in [0.717, 1.165) is 0 Å². The molecule has 51 valence electrons. The lowest BCUT2D eigenvalue weighted by Gasteiger charge is -2.09. The molecule has 0 unspecified atom stereocenters. The molecule has 0 spiro atoms. The molecule has 0 atom stereocenters. The maximum absolute atomic E-state index is 10.9. The summed E-state index contributed by atoms with van der Waals surface area (Å²) in [6.07, 6.45) is 1.47. The summed E-state index contributed by atoms with van der Waals surface area (Å²) >= 11 is 0. The van der Waals surface area contributed by atoms with Crippen LogP contribution in [0.4, 0.5) is 5.82 Å². The van der Waals surface area contributed by atoms with E-state index in [1.165, 1.54) is 6.20 Å². The van der Waals surface area contributed by atoms with Crippen LogP contribution in [-0.2, 0) is 0 Å². The molecule has 2 rings (SSSR count). The first kappa shape index (κ1) is 5.28. The van der Waals surface area contributed by atoms with Crippen molar-refractivity contribution in [2.75, 3.05) is 6.67 Å². The third-order valence-electron chi connectivity index (χ3n) is 1.34. The van der Waals surface area contributed by atoms with Crippen LogP contribution in [0.2, 0.25) is 0 Å². The molecule has 1 aromatic heterocycles. The predicted octanol–water partition coefficient (Wildman–Crippen LogP) is -0.654. The molecular weight excluding hydrogens is 132 g/mol. The van der Waals surface area contributed by atoms with Gasteiger partial charge in [0.2, 0.25) is 0 Å². The van der Waals surface area contributed by atoms with Crippen molar-refractivity contribution in [3.05, 3.63) is 11.8 Å². The molecule has 5 nitrogen and oxygen atoms in total. The number of carbonyl (C=O) groups is 1. The Morgan fingerprint density at radius 1 is 1.60 bits per heavy atom. The second-order valence-electron chi connectivity index (χ2n) is 1.95. The van der Waals surface area contributed by atoms with Crippen LogP contribution >= 0.6 is 0 Å². The van der Waals surface area contributed by atoms with E-state index >= 15 is 0 Å². The van der Waals surface area contributed by atoms with Crippen molar-refractivity contribution < 1.29 is 4.79 Å². The lowest BCUT2D eigenvalue weighted by Crippen LogP contribution is -2.33. The van der Waals surface area contributed by atoms with Crippen molar-refractivity contribution in [1.29, 1.82) is 0 Å². The van der Waals surface area contributed by atoms with Gasteiger partial charge in [0.1, 0.15) is 12.2 Å². The molecule has 1 aliphatic heterocycles. The average molecular weight is 137 g/mol. The molecule has 1 radical (unpaired) electrons. The molecule has 2 heterocycles. The summed E-state index contributed by atoms with van der Waals surface area (Å²) in [6.45, 7) is 0.341. The molecule has 0 saturated heterocycles. The third kappa shape index (κ3) is 0.570. The summed E-state index contributed by atoms with van der Waals surface area (Å²) in [7, 11) is 0. The van der Waals surface area contributed by atoms with Crippen LogP contribution in [-0.4, -0.2) is 22.8 Å². The third-order valence-corrected chi connectivity index (χ3v) is 1.34. The number of nitrogens with zero attached hydrogens (tertiary/aromatic N) is 2. The van der Waals surface area contributed by atoms with Crippen LogP contribution in [0.3, 0.4) is 0 Å². The number of amides is 1. The van der Waals surface area contributed by atoms with Gasteiger partial charge in [0.05, 0.1) is 6.20 Å². The summed E-state index contributed by atoms with van der Waals surface area (Å²) < 4.78 is 0. The molecular formula is C5H5N4O. The van der Waals surface area contributed by atoms with Crippen molar-refractivity contribution in [3.63, 3.8) is 0 Å². The van der Waals surface area contributed by atoms with Crippen LogP contribution in [0.15, 0.2) is 6.20 Å². The number of rotatable bonds is 0. The predicted molar refractivity (Wildman–Crippen MR) is 32.7 cm³/mol. The Labute approximate surface area is 56.8 Å². The minimum absolute atomic E-state index is 0.112. The molecule has 0 bridgehead atoms. The molecule has 1 aromatic rings. The highest BCUT2D eigenvalue weighted by atomic mass is 16.2. The van der Waals surface area contributed by atoms with Gasteiger partial charge in [-0.1, -0.05) is 0 Å². The van der Waals surface area contributed by atoms with Gasteiger partial charge in [-0.05, 0) is 0 Å². The Morgan fingerprint density at radius 2 is 2.50 bits per heavy atom. The minimum atomic E-state index is -0.112. The van der Waals surface area contributed by atoms with Crippen LogP contribution < -0.4 is 10.6 Å². The van der Waals surface area contributed by atoms with Gasteiger partial charge in [0, 0.05) is 0 Å². The van der Waals surface area contributed by atoms with Crippen LogP contribution in [0.5, 0.6) is 0 Å². The van der Waals surface area contributed by atoms with Crippen molar-refractivity contribution in [2.24, 2.45) is 0 Å². The van der Waals surface area contributed by atoms with E-state index in [9.17, 15) is 4.79 Å². The van der Waals surface area contributed by atoms with Crippen LogP contribution in [0.1, 0.15) is 10.4 Å². The molecule has 2 N–H and O–H groups in total. The topological polar surface area (TPSA) is 71.9 Å². The molecule has 1 amide bonds. The molecule has 10 heavy (non-hydrogen) atoms. The zero-order valence-corrected chi connectivity index (χ0v) is 5.09. The Bertz CT molecular complexity index is 266. The Morgan fingerprint density at radius 3 is 3.30 bits per heavy atom. The van der Waals surface area contributed by atoms with Crippen molar-refractivity contribution in [3.8, 4) is 0 Å². The summed E-state index contributed by atoms with van der Waals surface area (Å²) in [5, 5.41) is 12.8. The first-order valence-electron chi connectivity index (χ1n) is 2.87. The van der Waals surface area contributed by atoms with E-state index in [1.54, 1.807) is 0 Å². The van der Waals surface area contributed by atoms with Gasteiger partial charge in [-0.15, -0.1) is 0 Å². The zero-order valence-electron chi connectivity index (χ0n) is 5.09. The number of nitrogens with one attached hydrogen (secondary N) is 2. The van der Waals surface area contributed by atoms with Gasteiger partial charge >= 0.3 is 0 Å². The Kier molecular flexibility index (Phi) is 0.913. The highest BCUT2D eigenvalue weighted by molar-refractivity contribution is 5.98. The van der Waals surface area contributed by atoms with Gasteiger partial charge in [-0.25, -0.2) is 5.32 Å². The number of hydrogen-bond acceptors (Lipinski definition) is 2. The summed E-state index contributed by atoms with van der Waals surface area (Å²) in [4.78, 5) is 10.9. The highest BCUT2D eigenvalue weighted by Crippen LogP contribution is 2.12. The first-order valence-corrected chi connectivity index (χ1v) is 2.87. The van der Waals surface area contributed by atoms with Crippen molar-refractivity contribution in [1.82, 2.24) is 20.8 Å². The quantitative estimate of drug-likeness (QED) is 0.498. The summed E-state index contributed by atoms with van der Waals surface area (Å²) in [5.74, 6) is 0.461. The van der Waals surface area contributed by atoms with E-state index < -0.39 is 0 Å². The van der Waals surface area contributed by atoms with Gasteiger partial charge in [0.15, 0.2) is 5.82 Å². The van der Waals surface area contributed by atoms with Crippen molar-refractivity contribution in [2.45, 2.75) is 0 Å². The van der Waals surface area contributed by atoms with Crippen LogP contribution in [0.25, 0.3) is 0 Å². The number of H-pyrrole nitrogens is 1. The van der Waals surface area contributed by atoms with Crippen molar-refractivity contribution >= 4 is 11.7 Å². The van der Waals surface area contributed by atoms with E-state index in [2.05, 4.69) is 20.8 Å². The fourth-order valence-electron chi connectivity index (χ4n) is 0.852. The SMILES string of the molecule is O=C1NC[N]c2[nH]ncc21. The fraction of sp³-hybridized carbons (Fsp3) is 0.200. The summed E-state index contributed by atoms with van der Waals surface area (Å²) in [6, 6.07) is 0. The maximum atomic E-state index is 10.9. The van der Waals surface area contributed by atoms with Gasteiger partial charge in [-0.2, -0.15) is 5.10 Å². The fourth-order valence-corrected chi connectivity index (χ4v) is 0.852. The molecule has 0 aliphatic carbocycles. The second kappa shape index (κ2) is 1.73. The van der Waals surface area contributed by atoms with E-state index in [0.29, 0.717) is 18.1 Å². The van der Waals surface area contributed by atoms with Gasteiger partial charge in [-0.3, -0.25) is 9.89 Å². The number of fused-ring (bicyclic) bond motifs is 1. The summed E-state index contributed by atoms with van der Waals surface area (Å²) in [5.41, 5.74) is 0.520. The molecule has 0 aromatic carbocycles. The molecule has 1 aliphatic rings. The first-order chi connectivity index (χ1) is 4.88. The normalized spacial score (nSPS) is 15.4. The number of carbonyl (C=O) groups excluding carboxylic acids is 1. The number of aromatic amines is 1. The second-order valence-corrected chi connectivity index (χ2v) is 1.95. The minimum Gasteiger partial charge on any atom is -0.333 e. The Balaban J connectivity index is 2.50.